The van der Waals surface area contributed by atoms with Crippen molar-refractivity contribution in [2.75, 3.05) is 6.61 Å². The summed E-state index contributed by atoms with van der Waals surface area (Å²) in [5.74, 6) is 4.33. The van der Waals surface area contributed by atoms with Gasteiger partial charge in [0.05, 0.1) is 12.8 Å². The molecule has 4 aliphatic carbocycles. The highest BCUT2D eigenvalue weighted by molar-refractivity contribution is 5.96. The molecule has 1 aromatic heterocycles. The van der Waals surface area contributed by atoms with Crippen molar-refractivity contribution in [1.82, 2.24) is 15.1 Å². The van der Waals surface area contributed by atoms with Crippen molar-refractivity contribution >= 4 is 5.91 Å². The Kier molecular flexibility index (Phi) is 4.98. The van der Waals surface area contributed by atoms with Crippen LogP contribution in [-0.2, 0) is 7.05 Å². The minimum absolute atomic E-state index is 0.00452. The molecule has 144 valence electrons. The van der Waals surface area contributed by atoms with Crippen LogP contribution in [0.2, 0.25) is 0 Å². The van der Waals surface area contributed by atoms with Crippen LogP contribution in [0.1, 0.15) is 69.2 Å². The molecule has 0 saturated heterocycles. The summed E-state index contributed by atoms with van der Waals surface area (Å²) < 4.78 is 7.71. The maximum atomic E-state index is 13.0. The summed E-state index contributed by atoms with van der Waals surface area (Å²) in [5.41, 5.74) is 0.590. The first-order valence-electron chi connectivity index (χ1n) is 10.5. The molecule has 0 aliphatic heterocycles. The number of carbonyl (C=O) groups excluding carboxylic acids is 1. The van der Waals surface area contributed by atoms with Crippen LogP contribution in [0.5, 0.6) is 5.88 Å². The molecular formula is C21H33N3O2. The number of rotatable bonds is 7. The zero-order valence-corrected chi connectivity index (χ0v) is 16.4. The van der Waals surface area contributed by atoms with Gasteiger partial charge in [-0.3, -0.25) is 4.79 Å². The predicted octanol–water partition coefficient (Wildman–Crippen LogP) is 3.79. The summed E-state index contributed by atoms with van der Waals surface area (Å²) >= 11 is 0. The first kappa shape index (κ1) is 17.9. The van der Waals surface area contributed by atoms with E-state index in [0.29, 0.717) is 41.8 Å². The van der Waals surface area contributed by atoms with Gasteiger partial charge in [0.1, 0.15) is 5.56 Å². The molecule has 0 spiro atoms. The van der Waals surface area contributed by atoms with Crippen LogP contribution in [0.15, 0.2) is 6.20 Å². The van der Waals surface area contributed by atoms with Crippen molar-refractivity contribution in [3.8, 4) is 5.88 Å². The Hall–Kier alpha value is -1.52. The third kappa shape index (κ3) is 3.25. The van der Waals surface area contributed by atoms with E-state index >= 15 is 0 Å². The minimum Gasteiger partial charge on any atom is -0.477 e. The van der Waals surface area contributed by atoms with Crippen LogP contribution in [0.4, 0.5) is 0 Å². The zero-order chi connectivity index (χ0) is 18.3. The summed E-state index contributed by atoms with van der Waals surface area (Å²) in [4.78, 5) is 13.0. The lowest BCUT2D eigenvalue weighted by Crippen LogP contribution is -2.55. The molecule has 1 N–H and O–H groups in total. The van der Waals surface area contributed by atoms with E-state index in [4.69, 9.17) is 4.74 Å². The average molecular weight is 360 g/mol. The van der Waals surface area contributed by atoms with E-state index in [2.05, 4.69) is 24.3 Å². The molecule has 5 rings (SSSR count). The lowest BCUT2D eigenvalue weighted by Gasteiger charge is -2.54. The lowest BCUT2D eigenvalue weighted by molar-refractivity contribution is -0.0120. The molecular weight excluding hydrogens is 326 g/mol. The molecule has 0 unspecified atom stereocenters. The molecule has 1 aromatic rings. The second-order valence-corrected chi connectivity index (χ2v) is 8.91. The molecule has 1 amide bonds. The summed E-state index contributed by atoms with van der Waals surface area (Å²) in [7, 11) is 1.85. The SMILES string of the molecule is CCC(CC)COc1c(C(=O)NC2C3CC4CC(C3)CC2C4)cnn1C. The molecule has 4 fully saturated rings. The zero-order valence-electron chi connectivity index (χ0n) is 16.4. The second kappa shape index (κ2) is 7.24. The Morgan fingerprint density at radius 2 is 1.81 bits per heavy atom. The third-order valence-electron chi connectivity index (χ3n) is 7.26. The van der Waals surface area contributed by atoms with Gasteiger partial charge in [-0.1, -0.05) is 26.7 Å². The fraction of sp³-hybridized carbons (Fsp3) is 0.810. The van der Waals surface area contributed by atoms with Gasteiger partial charge in [0.2, 0.25) is 5.88 Å². The molecule has 5 heteroatoms. The van der Waals surface area contributed by atoms with Crippen LogP contribution in [0, 0.1) is 29.6 Å². The Bertz CT molecular complexity index is 622. The fourth-order valence-electron chi connectivity index (χ4n) is 5.86. The summed E-state index contributed by atoms with van der Waals surface area (Å²) in [6, 6.07) is 0.349. The fourth-order valence-corrected chi connectivity index (χ4v) is 5.86. The van der Waals surface area contributed by atoms with Crippen molar-refractivity contribution < 1.29 is 9.53 Å². The van der Waals surface area contributed by atoms with E-state index in [1.54, 1.807) is 10.9 Å². The Morgan fingerprint density at radius 3 is 2.38 bits per heavy atom. The summed E-state index contributed by atoms with van der Waals surface area (Å²) in [6.07, 6.45) is 10.5. The highest BCUT2D eigenvalue weighted by Gasteiger charge is 2.48. The molecule has 26 heavy (non-hydrogen) atoms. The lowest BCUT2D eigenvalue weighted by atomic mass is 9.54. The topological polar surface area (TPSA) is 56.1 Å². The Balaban J connectivity index is 1.44. The van der Waals surface area contributed by atoms with Crippen LogP contribution in [0.3, 0.4) is 0 Å². The van der Waals surface area contributed by atoms with Crippen LogP contribution in [0.25, 0.3) is 0 Å². The molecule has 5 nitrogen and oxygen atoms in total. The van der Waals surface area contributed by atoms with Gasteiger partial charge < -0.3 is 10.1 Å². The summed E-state index contributed by atoms with van der Waals surface area (Å²) in [6.45, 7) is 5.01. The van der Waals surface area contributed by atoms with Crippen molar-refractivity contribution in [3.05, 3.63) is 11.8 Å². The number of ether oxygens (including phenoxy) is 1. The number of nitrogens with zero attached hydrogens (tertiary/aromatic N) is 2. The van der Waals surface area contributed by atoms with Gasteiger partial charge in [-0.25, -0.2) is 4.68 Å². The molecule has 4 saturated carbocycles. The van der Waals surface area contributed by atoms with Crippen LogP contribution in [-0.4, -0.2) is 28.3 Å². The molecule has 0 aromatic carbocycles. The largest absolute Gasteiger partial charge is 0.477 e. The number of amides is 1. The van der Waals surface area contributed by atoms with Gasteiger partial charge in [-0.15, -0.1) is 0 Å². The maximum absolute atomic E-state index is 13.0. The highest BCUT2D eigenvalue weighted by Crippen LogP contribution is 2.53. The monoisotopic (exact) mass is 359 g/mol. The predicted molar refractivity (Wildman–Crippen MR) is 101 cm³/mol. The van der Waals surface area contributed by atoms with Crippen molar-refractivity contribution in [2.24, 2.45) is 36.6 Å². The molecule has 0 atom stereocenters. The van der Waals surface area contributed by atoms with Gasteiger partial charge in [-0.2, -0.15) is 5.10 Å². The van der Waals surface area contributed by atoms with Gasteiger partial charge in [0, 0.05) is 13.1 Å². The standard InChI is InChI=1S/C21H33N3O2/c1-4-13(5-2)12-26-21-18(11-22-24(21)3)20(25)23-19-16-7-14-6-15(9-16)10-17(19)8-14/h11,13-17,19H,4-10,12H2,1-3H3,(H,23,25). The van der Waals surface area contributed by atoms with Gasteiger partial charge >= 0.3 is 0 Å². The van der Waals surface area contributed by atoms with Gasteiger partial charge in [0.15, 0.2) is 0 Å². The molecule has 4 bridgehead atoms. The molecule has 1 heterocycles. The number of nitrogens with one attached hydrogen (secondary N) is 1. The number of carbonyl (C=O) groups is 1. The van der Waals surface area contributed by atoms with Gasteiger partial charge in [0.25, 0.3) is 5.91 Å². The van der Waals surface area contributed by atoms with E-state index < -0.39 is 0 Å². The molecule has 4 aliphatic rings. The van der Waals surface area contributed by atoms with E-state index in [-0.39, 0.29) is 5.91 Å². The quantitative estimate of drug-likeness (QED) is 0.806. The second-order valence-electron chi connectivity index (χ2n) is 8.91. The van der Waals surface area contributed by atoms with E-state index in [9.17, 15) is 4.79 Å². The Morgan fingerprint density at radius 1 is 1.19 bits per heavy atom. The average Bonchev–Trinajstić information content (AvgIpc) is 2.99. The first-order valence-corrected chi connectivity index (χ1v) is 10.5. The summed E-state index contributed by atoms with van der Waals surface area (Å²) in [5, 5.41) is 7.66. The number of hydrogen-bond donors (Lipinski definition) is 1. The third-order valence-corrected chi connectivity index (χ3v) is 7.26. The Labute approximate surface area is 156 Å². The van der Waals surface area contributed by atoms with E-state index in [1.165, 1.54) is 32.1 Å². The molecule has 0 radical (unpaired) electrons. The number of aromatic nitrogens is 2. The maximum Gasteiger partial charge on any atom is 0.258 e. The van der Waals surface area contributed by atoms with Gasteiger partial charge in [-0.05, 0) is 61.7 Å². The van der Waals surface area contributed by atoms with Crippen molar-refractivity contribution in [2.45, 2.75) is 64.8 Å². The normalized spacial score (nSPS) is 32.2. The van der Waals surface area contributed by atoms with E-state index in [1.807, 2.05) is 7.05 Å². The number of hydrogen-bond acceptors (Lipinski definition) is 3. The van der Waals surface area contributed by atoms with E-state index in [0.717, 1.165) is 24.7 Å². The first-order chi connectivity index (χ1) is 12.6. The van der Waals surface area contributed by atoms with Crippen LogP contribution >= 0.6 is 0 Å². The smallest absolute Gasteiger partial charge is 0.258 e. The highest BCUT2D eigenvalue weighted by atomic mass is 16.5. The number of aryl methyl sites for hydroxylation is 1. The van der Waals surface area contributed by atoms with Crippen molar-refractivity contribution in [3.63, 3.8) is 0 Å². The minimum atomic E-state index is -0.00452. The van der Waals surface area contributed by atoms with Crippen LogP contribution < -0.4 is 10.1 Å². The van der Waals surface area contributed by atoms with Crippen molar-refractivity contribution in [1.29, 1.82) is 0 Å².